The van der Waals surface area contributed by atoms with Crippen molar-refractivity contribution in [2.24, 2.45) is 0 Å². The molecule has 106 valence electrons. The van der Waals surface area contributed by atoms with Crippen molar-refractivity contribution in [2.45, 2.75) is 11.0 Å². The number of ether oxygens (including phenoxy) is 1. The third-order valence-electron chi connectivity index (χ3n) is 3.02. The highest BCUT2D eigenvalue weighted by Gasteiger charge is 2.26. The molecule has 0 unspecified atom stereocenters. The highest BCUT2D eigenvalue weighted by atomic mass is 79.9. The van der Waals surface area contributed by atoms with E-state index in [1.807, 2.05) is 0 Å². The average molecular weight is 350 g/mol. The van der Waals surface area contributed by atoms with Crippen LogP contribution < -0.4 is 0 Å². The number of benzene rings is 1. The van der Waals surface area contributed by atoms with Crippen LogP contribution in [0, 0.1) is 0 Å². The molecule has 1 aromatic rings. The van der Waals surface area contributed by atoms with Gasteiger partial charge in [-0.2, -0.15) is 4.31 Å². The molecule has 19 heavy (non-hydrogen) atoms. The lowest BCUT2D eigenvalue weighted by Gasteiger charge is -2.26. The van der Waals surface area contributed by atoms with Gasteiger partial charge in [0.25, 0.3) is 0 Å². The molecular weight excluding hydrogens is 334 g/mol. The summed E-state index contributed by atoms with van der Waals surface area (Å²) < 4.78 is 31.2. The van der Waals surface area contributed by atoms with Crippen LogP contribution >= 0.6 is 15.9 Å². The first kappa shape index (κ1) is 14.9. The monoisotopic (exact) mass is 349 g/mol. The fourth-order valence-corrected chi connectivity index (χ4v) is 3.67. The summed E-state index contributed by atoms with van der Waals surface area (Å²) in [5.74, 6) is 0. The van der Waals surface area contributed by atoms with Gasteiger partial charge in [-0.15, -0.1) is 0 Å². The predicted octanol–water partition coefficient (Wildman–Crippen LogP) is 1.14. The lowest BCUT2D eigenvalue weighted by molar-refractivity contribution is 0.0730. The largest absolute Gasteiger partial charge is 0.388 e. The Bertz CT molecular complexity index is 511. The van der Waals surface area contributed by atoms with Crippen LogP contribution in [0.5, 0.6) is 0 Å². The Balaban J connectivity index is 2.21. The first-order chi connectivity index (χ1) is 9.05. The summed E-state index contributed by atoms with van der Waals surface area (Å²) in [6.45, 7) is 1.63. The molecule has 0 aliphatic carbocycles. The highest BCUT2D eigenvalue weighted by molar-refractivity contribution is 9.09. The number of nitrogens with zero attached hydrogens (tertiary/aromatic N) is 1. The van der Waals surface area contributed by atoms with E-state index in [1.54, 1.807) is 12.1 Å². The predicted molar refractivity (Wildman–Crippen MR) is 74.8 cm³/mol. The quantitative estimate of drug-likeness (QED) is 0.827. The second-order valence-corrected chi connectivity index (χ2v) is 6.84. The van der Waals surface area contributed by atoms with Crippen molar-refractivity contribution in [1.82, 2.24) is 4.31 Å². The molecule has 0 saturated carbocycles. The summed E-state index contributed by atoms with van der Waals surface area (Å²) in [6.07, 6.45) is -0.625. The zero-order valence-electron chi connectivity index (χ0n) is 10.3. The maximum absolute atomic E-state index is 12.3. The maximum Gasteiger partial charge on any atom is 0.243 e. The van der Waals surface area contributed by atoms with E-state index in [-0.39, 0.29) is 4.90 Å². The fraction of sp³-hybridized carbons (Fsp3) is 0.500. The smallest absolute Gasteiger partial charge is 0.243 e. The van der Waals surface area contributed by atoms with Gasteiger partial charge < -0.3 is 9.84 Å². The Morgan fingerprint density at radius 2 is 1.84 bits per heavy atom. The molecule has 1 fully saturated rings. The van der Waals surface area contributed by atoms with Crippen molar-refractivity contribution < 1.29 is 18.3 Å². The molecule has 0 amide bonds. The minimum absolute atomic E-state index is 0.250. The average Bonchev–Trinajstić information content (AvgIpc) is 2.47. The van der Waals surface area contributed by atoms with E-state index in [4.69, 9.17) is 4.74 Å². The van der Waals surface area contributed by atoms with Gasteiger partial charge in [-0.1, -0.05) is 28.1 Å². The van der Waals surface area contributed by atoms with Crippen LogP contribution in [0.3, 0.4) is 0 Å². The summed E-state index contributed by atoms with van der Waals surface area (Å²) in [5.41, 5.74) is 0.692. The summed E-state index contributed by atoms with van der Waals surface area (Å²) >= 11 is 3.18. The van der Waals surface area contributed by atoms with Gasteiger partial charge in [0.2, 0.25) is 10.0 Å². The standard InChI is InChI=1S/C12H16BrNO4S/c13-9-12(15)10-1-3-11(4-2-10)19(16,17)14-5-7-18-8-6-14/h1-4,12,15H,5-9H2/t12-/m1/s1. The molecule has 1 aromatic carbocycles. The van der Waals surface area contributed by atoms with E-state index in [1.165, 1.54) is 16.4 Å². The molecule has 0 spiro atoms. The Hall–Kier alpha value is -0.470. The van der Waals surface area contributed by atoms with Gasteiger partial charge in [0.05, 0.1) is 24.2 Å². The molecule has 1 atom stereocenters. The zero-order chi connectivity index (χ0) is 13.9. The minimum Gasteiger partial charge on any atom is -0.388 e. The number of hydrogen-bond acceptors (Lipinski definition) is 4. The van der Waals surface area contributed by atoms with Crippen LogP contribution in [-0.2, 0) is 14.8 Å². The van der Waals surface area contributed by atoms with E-state index in [9.17, 15) is 13.5 Å². The number of alkyl halides is 1. The molecule has 1 aliphatic heterocycles. The Kier molecular flexibility index (Phi) is 4.97. The van der Waals surface area contributed by atoms with Gasteiger partial charge in [0.15, 0.2) is 0 Å². The first-order valence-corrected chi connectivity index (χ1v) is 8.54. The van der Waals surface area contributed by atoms with Crippen LogP contribution in [0.4, 0.5) is 0 Å². The van der Waals surface area contributed by atoms with Crippen LogP contribution in [-0.4, -0.2) is 49.5 Å². The molecule has 1 N–H and O–H groups in total. The van der Waals surface area contributed by atoms with Crippen LogP contribution in [0.15, 0.2) is 29.2 Å². The second kappa shape index (κ2) is 6.32. The van der Waals surface area contributed by atoms with E-state index in [0.29, 0.717) is 37.2 Å². The zero-order valence-corrected chi connectivity index (χ0v) is 12.7. The van der Waals surface area contributed by atoms with Gasteiger partial charge in [0.1, 0.15) is 0 Å². The van der Waals surface area contributed by atoms with Gasteiger partial charge in [-0.25, -0.2) is 8.42 Å². The molecule has 0 bridgehead atoms. The van der Waals surface area contributed by atoms with Gasteiger partial charge >= 0.3 is 0 Å². The highest BCUT2D eigenvalue weighted by Crippen LogP contribution is 2.21. The molecule has 0 radical (unpaired) electrons. The van der Waals surface area contributed by atoms with Crippen LogP contribution in [0.1, 0.15) is 11.7 Å². The number of aliphatic hydroxyl groups is 1. The third kappa shape index (κ3) is 3.35. The van der Waals surface area contributed by atoms with Crippen LogP contribution in [0.25, 0.3) is 0 Å². The summed E-state index contributed by atoms with van der Waals surface area (Å²) in [5, 5.41) is 10.1. The van der Waals surface area contributed by atoms with Crippen molar-refractivity contribution >= 4 is 26.0 Å². The number of halogens is 1. The van der Waals surface area contributed by atoms with Crippen molar-refractivity contribution in [3.8, 4) is 0 Å². The molecule has 1 aliphatic rings. The van der Waals surface area contributed by atoms with E-state index >= 15 is 0 Å². The lowest BCUT2D eigenvalue weighted by Crippen LogP contribution is -2.40. The SMILES string of the molecule is O=S(=O)(c1ccc([C@H](O)CBr)cc1)N1CCOCC1. The van der Waals surface area contributed by atoms with Gasteiger partial charge in [-0.3, -0.25) is 0 Å². The van der Waals surface area contributed by atoms with E-state index in [0.717, 1.165) is 0 Å². The molecule has 1 saturated heterocycles. The topological polar surface area (TPSA) is 66.8 Å². The van der Waals surface area contributed by atoms with Crippen molar-refractivity contribution in [2.75, 3.05) is 31.6 Å². The lowest BCUT2D eigenvalue weighted by atomic mass is 10.1. The Morgan fingerprint density at radius 3 is 2.37 bits per heavy atom. The summed E-state index contributed by atoms with van der Waals surface area (Å²) in [6, 6.07) is 6.34. The number of sulfonamides is 1. The minimum atomic E-state index is -3.45. The first-order valence-electron chi connectivity index (χ1n) is 5.97. The number of hydrogen-bond donors (Lipinski definition) is 1. The Labute approximate surface area is 121 Å². The molecule has 1 heterocycles. The molecule has 0 aromatic heterocycles. The summed E-state index contributed by atoms with van der Waals surface area (Å²) in [7, 11) is -3.45. The molecule has 7 heteroatoms. The molecule has 5 nitrogen and oxygen atoms in total. The second-order valence-electron chi connectivity index (χ2n) is 4.26. The van der Waals surface area contributed by atoms with Crippen molar-refractivity contribution in [3.63, 3.8) is 0 Å². The summed E-state index contributed by atoms with van der Waals surface area (Å²) in [4.78, 5) is 0.250. The third-order valence-corrected chi connectivity index (χ3v) is 5.55. The van der Waals surface area contributed by atoms with E-state index < -0.39 is 16.1 Å². The van der Waals surface area contributed by atoms with Gasteiger partial charge in [-0.05, 0) is 17.7 Å². The molecular formula is C12H16BrNO4S. The normalized spacial score (nSPS) is 19.3. The number of morpholine rings is 1. The molecule has 2 rings (SSSR count). The maximum atomic E-state index is 12.3. The number of rotatable bonds is 4. The van der Waals surface area contributed by atoms with E-state index in [2.05, 4.69) is 15.9 Å². The van der Waals surface area contributed by atoms with Crippen LogP contribution in [0.2, 0.25) is 0 Å². The Morgan fingerprint density at radius 1 is 1.26 bits per heavy atom. The van der Waals surface area contributed by atoms with Crippen molar-refractivity contribution in [3.05, 3.63) is 29.8 Å². The number of aliphatic hydroxyl groups excluding tert-OH is 1. The fourth-order valence-electron chi connectivity index (χ4n) is 1.89. The van der Waals surface area contributed by atoms with Gasteiger partial charge in [0, 0.05) is 18.4 Å². The van der Waals surface area contributed by atoms with Crippen molar-refractivity contribution in [1.29, 1.82) is 0 Å².